The van der Waals surface area contributed by atoms with Crippen molar-refractivity contribution in [3.63, 3.8) is 0 Å². The van der Waals surface area contributed by atoms with Gasteiger partial charge in [-0.3, -0.25) is 19.3 Å². The van der Waals surface area contributed by atoms with Gasteiger partial charge in [-0.2, -0.15) is 0 Å². The van der Waals surface area contributed by atoms with Gasteiger partial charge < -0.3 is 10.4 Å². The van der Waals surface area contributed by atoms with Crippen LogP contribution in [-0.2, 0) is 9.59 Å². The largest absolute Gasteiger partial charge is 0.478 e. The first-order valence-corrected chi connectivity index (χ1v) is 7.70. The molecule has 2 aliphatic rings. The summed E-state index contributed by atoms with van der Waals surface area (Å²) in [6.45, 7) is 0.533. The Morgan fingerprint density at radius 2 is 2.00 bits per heavy atom. The summed E-state index contributed by atoms with van der Waals surface area (Å²) in [4.78, 5) is 49.3. The van der Waals surface area contributed by atoms with Crippen LogP contribution in [0.1, 0.15) is 45.5 Å². The summed E-state index contributed by atoms with van der Waals surface area (Å²) in [5.74, 6) is -2.54. The van der Waals surface area contributed by atoms with Crippen molar-refractivity contribution in [3.05, 3.63) is 41.0 Å². The zero-order valence-electron chi connectivity index (χ0n) is 12.8. The number of hydrogen-bond acceptors (Lipinski definition) is 4. The summed E-state index contributed by atoms with van der Waals surface area (Å²) in [7, 11) is 0. The lowest BCUT2D eigenvalue weighted by molar-refractivity contribution is -0.131. The summed E-state index contributed by atoms with van der Waals surface area (Å²) in [6, 6.07) is 3.85. The number of imide groups is 1. The van der Waals surface area contributed by atoms with Crippen molar-refractivity contribution in [1.29, 1.82) is 0 Å². The summed E-state index contributed by atoms with van der Waals surface area (Å²) in [5.41, 5.74) is 0.700. The van der Waals surface area contributed by atoms with E-state index in [-0.39, 0.29) is 17.0 Å². The van der Waals surface area contributed by atoms with E-state index < -0.39 is 23.8 Å². The first-order chi connectivity index (χ1) is 11.5. The zero-order valence-corrected chi connectivity index (χ0v) is 12.8. The van der Waals surface area contributed by atoms with Crippen molar-refractivity contribution in [3.8, 4) is 0 Å². The average molecular weight is 328 g/mol. The Labute approximate surface area is 137 Å². The minimum Gasteiger partial charge on any atom is -0.478 e. The van der Waals surface area contributed by atoms with Gasteiger partial charge >= 0.3 is 5.97 Å². The highest BCUT2D eigenvalue weighted by Gasteiger charge is 2.43. The number of rotatable bonds is 3. The third kappa shape index (κ3) is 2.68. The highest BCUT2D eigenvalue weighted by atomic mass is 16.4. The molecule has 1 atom stereocenters. The van der Waals surface area contributed by atoms with E-state index in [0.717, 1.165) is 23.8 Å². The number of benzene rings is 1. The van der Waals surface area contributed by atoms with Crippen molar-refractivity contribution in [1.82, 2.24) is 10.2 Å². The molecule has 1 unspecified atom stereocenters. The number of carboxylic acid groups (broad SMARTS) is 1. The number of nitrogens with zero attached hydrogens (tertiary/aromatic N) is 1. The molecule has 124 valence electrons. The molecule has 0 aromatic heterocycles. The molecule has 2 heterocycles. The highest BCUT2D eigenvalue weighted by Crippen LogP contribution is 2.30. The second kappa shape index (κ2) is 6.27. The molecular weight excluding hydrogens is 312 g/mol. The first kappa shape index (κ1) is 15.9. The molecule has 3 amide bonds. The lowest BCUT2D eigenvalue weighted by Gasteiger charge is -2.23. The fourth-order valence-electron chi connectivity index (χ4n) is 3.08. The molecule has 0 saturated carbocycles. The van der Waals surface area contributed by atoms with Gasteiger partial charge in [0.1, 0.15) is 6.04 Å². The molecule has 0 bridgehead atoms. The lowest BCUT2D eigenvalue weighted by Crippen LogP contribution is -2.48. The molecule has 0 radical (unpaired) electrons. The van der Waals surface area contributed by atoms with Gasteiger partial charge in [-0.05, 0) is 37.0 Å². The molecule has 1 saturated heterocycles. The second-order valence-corrected chi connectivity index (χ2v) is 5.72. The van der Waals surface area contributed by atoms with Gasteiger partial charge in [0.2, 0.25) is 5.91 Å². The normalized spacial score (nSPS) is 20.9. The van der Waals surface area contributed by atoms with Crippen molar-refractivity contribution in [2.45, 2.75) is 25.3 Å². The van der Waals surface area contributed by atoms with E-state index in [1.807, 2.05) is 0 Å². The fourth-order valence-corrected chi connectivity index (χ4v) is 3.08. The van der Waals surface area contributed by atoms with Crippen LogP contribution in [0.15, 0.2) is 24.3 Å². The molecule has 2 N–H and O–H groups in total. The maximum atomic E-state index is 12.8. The van der Waals surface area contributed by atoms with Crippen LogP contribution < -0.4 is 5.32 Å². The van der Waals surface area contributed by atoms with E-state index in [2.05, 4.69) is 5.32 Å². The van der Waals surface area contributed by atoms with Crippen LogP contribution in [0.3, 0.4) is 0 Å². The number of carboxylic acids is 1. The van der Waals surface area contributed by atoms with E-state index in [0.29, 0.717) is 18.5 Å². The van der Waals surface area contributed by atoms with Crippen LogP contribution in [0.25, 0.3) is 6.08 Å². The average Bonchev–Trinajstić information content (AvgIpc) is 2.70. The Kier molecular flexibility index (Phi) is 4.16. The van der Waals surface area contributed by atoms with Crippen LogP contribution >= 0.6 is 0 Å². The number of fused-ring (bicyclic) bond motifs is 1. The van der Waals surface area contributed by atoms with Crippen molar-refractivity contribution >= 4 is 29.8 Å². The maximum Gasteiger partial charge on any atom is 0.328 e. The van der Waals surface area contributed by atoms with Gasteiger partial charge in [0.05, 0.1) is 11.1 Å². The number of carbonyl (C=O) groups is 4. The SMILES string of the molecule is O=C(O)/C=C/c1cccc2c1C(=O)N(C1CCCCNC1=O)C2=O. The van der Waals surface area contributed by atoms with Crippen LogP contribution in [0.4, 0.5) is 0 Å². The molecule has 7 heteroatoms. The Morgan fingerprint density at radius 3 is 2.75 bits per heavy atom. The van der Waals surface area contributed by atoms with Crippen LogP contribution in [-0.4, -0.2) is 46.3 Å². The van der Waals surface area contributed by atoms with E-state index in [1.165, 1.54) is 12.1 Å². The van der Waals surface area contributed by atoms with Gasteiger partial charge in [0.25, 0.3) is 11.8 Å². The number of hydrogen-bond donors (Lipinski definition) is 2. The quantitative estimate of drug-likeness (QED) is 0.637. The molecule has 1 fully saturated rings. The molecule has 0 spiro atoms. The standard InChI is InChI=1S/C17H16N2O5/c20-13(21)8-7-10-4-3-5-11-14(10)17(24)19(16(11)23)12-6-1-2-9-18-15(12)22/h3-5,7-8,12H,1-2,6,9H2,(H,18,22)(H,20,21)/b8-7+. The lowest BCUT2D eigenvalue weighted by atomic mass is 10.0. The fraction of sp³-hybridized carbons (Fsp3) is 0.294. The monoisotopic (exact) mass is 328 g/mol. The predicted octanol–water partition coefficient (Wildman–Crippen LogP) is 1.05. The van der Waals surface area contributed by atoms with Gasteiger partial charge in [-0.15, -0.1) is 0 Å². The molecule has 2 aliphatic heterocycles. The minimum absolute atomic E-state index is 0.150. The number of amides is 3. The number of aliphatic carboxylic acids is 1. The van der Waals surface area contributed by atoms with Crippen molar-refractivity contribution in [2.75, 3.05) is 6.54 Å². The third-order valence-corrected chi connectivity index (χ3v) is 4.20. The molecular formula is C17H16N2O5. The van der Waals surface area contributed by atoms with E-state index >= 15 is 0 Å². The van der Waals surface area contributed by atoms with Gasteiger partial charge in [0.15, 0.2) is 0 Å². The summed E-state index contributed by atoms with van der Waals surface area (Å²) >= 11 is 0. The smallest absolute Gasteiger partial charge is 0.328 e. The van der Waals surface area contributed by atoms with Gasteiger partial charge in [-0.25, -0.2) is 4.79 Å². The van der Waals surface area contributed by atoms with Crippen molar-refractivity contribution in [2.24, 2.45) is 0 Å². The summed E-state index contributed by atoms with van der Waals surface area (Å²) < 4.78 is 0. The molecule has 24 heavy (non-hydrogen) atoms. The van der Waals surface area contributed by atoms with Crippen LogP contribution in [0.5, 0.6) is 0 Å². The van der Waals surface area contributed by atoms with E-state index in [9.17, 15) is 19.2 Å². The summed E-state index contributed by atoms with van der Waals surface area (Å²) in [5, 5.41) is 11.5. The summed E-state index contributed by atoms with van der Waals surface area (Å²) in [6.07, 6.45) is 4.16. The Morgan fingerprint density at radius 1 is 1.21 bits per heavy atom. The highest BCUT2D eigenvalue weighted by molar-refractivity contribution is 6.24. The number of carbonyl (C=O) groups excluding carboxylic acids is 3. The van der Waals surface area contributed by atoms with E-state index in [4.69, 9.17) is 5.11 Å². The van der Waals surface area contributed by atoms with Crippen molar-refractivity contribution < 1.29 is 24.3 Å². The Balaban J connectivity index is 2.00. The van der Waals surface area contributed by atoms with E-state index in [1.54, 1.807) is 12.1 Å². The molecule has 3 rings (SSSR count). The van der Waals surface area contributed by atoms with Gasteiger partial charge in [0, 0.05) is 12.6 Å². The van der Waals surface area contributed by atoms with Gasteiger partial charge in [-0.1, -0.05) is 12.1 Å². The predicted molar refractivity (Wildman–Crippen MR) is 84.3 cm³/mol. The minimum atomic E-state index is -1.15. The third-order valence-electron chi connectivity index (χ3n) is 4.20. The van der Waals surface area contributed by atoms with Crippen LogP contribution in [0, 0.1) is 0 Å². The molecule has 1 aromatic rings. The zero-order chi connectivity index (χ0) is 17.3. The Bertz CT molecular complexity index is 768. The Hall–Kier alpha value is -2.96. The number of nitrogens with one attached hydrogen (secondary N) is 1. The second-order valence-electron chi connectivity index (χ2n) is 5.72. The molecule has 1 aromatic carbocycles. The molecule has 7 nitrogen and oxygen atoms in total. The van der Waals surface area contributed by atoms with Crippen LogP contribution in [0.2, 0.25) is 0 Å². The topological polar surface area (TPSA) is 104 Å². The first-order valence-electron chi connectivity index (χ1n) is 7.70. The maximum absolute atomic E-state index is 12.8. The molecule has 0 aliphatic carbocycles.